The van der Waals surface area contributed by atoms with Gasteiger partial charge in [0.1, 0.15) is 0 Å². The van der Waals surface area contributed by atoms with Crippen LogP contribution < -0.4 is 23.7 Å². The minimum atomic E-state index is -1.00. The third-order valence-electron chi connectivity index (χ3n) is 5.99. The number of methoxy groups -OCH3 is 4. The first kappa shape index (κ1) is 21.8. The SMILES string of the molecule is COC(=O)[C@@H]1C(CO)C(=O)c2cc3c(cc2[C@H]1c1cc(OC)c(OC)c(OC)c1)OCO3. The van der Waals surface area contributed by atoms with E-state index >= 15 is 0 Å². The molecule has 1 N–H and O–H groups in total. The number of ether oxygens (including phenoxy) is 6. The Morgan fingerprint density at radius 3 is 2.16 bits per heavy atom. The number of aliphatic hydroxyl groups excluding tert-OH is 1. The Hall–Kier alpha value is -3.46. The molecule has 0 aromatic heterocycles. The second kappa shape index (κ2) is 8.58. The summed E-state index contributed by atoms with van der Waals surface area (Å²) in [5, 5.41) is 10.1. The van der Waals surface area contributed by atoms with E-state index in [0.29, 0.717) is 45.4 Å². The molecule has 4 rings (SSSR count). The van der Waals surface area contributed by atoms with Crippen LogP contribution in [0.4, 0.5) is 0 Å². The Balaban J connectivity index is 2.00. The summed E-state index contributed by atoms with van der Waals surface area (Å²) in [4.78, 5) is 26.2. The minimum Gasteiger partial charge on any atom is -0.493 e. The van der Waals surface area contributed by atoms with Gasteiger partial charge in [0.15, 0.2) is 28.8 Å². The molecule has 1 heterocycles. The third kappa shape index (κ3) is 3.29. The maximum atomic E-state index is 13.3. The van der Waals surface area contributed by atoms with Gasteiger partial charge in [0, 0.05) is 11.5 Å². The second-order valence-corrected chi connectivity index (χ2v) is 7.43. The molecule has 3 atom stereocenters. The van der Waals surface area contributed by atoms with Crippen LogP contribution in [0.25, 0.3) is 0 Å². The molecular formula is C23H24O9. The summed E-state index contributed by atoms with van der Waals surface area (Å²) in [5.41, 5.74) is 1.54. The number of carbonyl (C=O) groups excluding carboxylic acids is 2. The van der Waals surface area contributed by atoms with Crippen molar-refractivity contribution in [1.82, 2.24) is 0 Å². The molecule has 9 heteroatoms. The van der Waals surface area contributed by atoms with Crippen LogP contribution in [-0.4, -0.2) is 58.7 Å². The van der Waals surface area contributed by atoms with Gasteiger partial charge >= 0.3 is 5.97 Å². The molecule has 1 aliphatic heterocycles. The molecule has 2 aliphatic rings. The van der Waals surface area contributed by atoms with E-state index in [2.05, 4.69) is 0 Å². The Morgan fingerprint density at radius 1 is 1.00 bits per heavy atom. The molecule has 0 spiro atoms. The molecule has 2 aromatic rings. The zero-order valence-electron chi connectivity index (χ0n) is 18.2. The average Bonchev–Trinajstić information content (AvgIpc) is 3.28. The number of hydrogen-bond acceptors (Lipinski definition) is 9. The van der Waals surface area contributed by atoms with E-state index in [1.807, 2.05) is 0 Å². The Morgan fingerprint density at radius 2 is 1.62 bits per heavy atom. The van der Waals surface area contributed by atoms with E-state index in [9.17, 15) is 14.7 Å². The van der Waals surface area contributed by atoms with Crippen molar-refractivity contribution >= 4 is 11.8 Å². The Labute approximate surface area is 184 Å². The van der Waals surface area contributed by atoms with Gasteiger partial charge in [-0.1, -0.05) is 0 Å². The minimum absolute atomic E-state index is 0.0329. The summed E-state index contributed by atoms with van der Waals surface area (Å²) in [7, 11) is 5.73. The van der Waals surface area contributed by atoms with Crippen molar-refractivity contribution in [3.05, 3.63) is 41.0 Å². The van der Waals surface area contributed by atoms with E-state index in [-0.39, 0.29) is 12.6 Å². The van der Waals surface area contributed by atoms with Gasteiger partial charge in [0.25, 0.3) is 0 Å². The highest BCUT2D eigenvalue weighted by molar-refractivity contribution is 6.04. The molecule has 1 aliphatic carbocycles. The number of aliphatic hydroxyl groups is 1. The van der Waals surface area contributed by atoms with Crippen molar-refractivity contribution in [3.8, 4) is 28.7 Å². The number of Topliss-reactive ketones (excluding diaryl/α,β-unsaturated/α-hetero) is 1. The fourth-order valence-corrected chi connectivity index (χ4v) is 4.52. The van der Waals surface area contributed by atoms with E-state index in [1.165, 1.54) is 28.4 Å². The number of hydrogen-bond donors (Lipinski definition) is 1. The normalized spacial score (nSPS) is 21.0. The quantitative estimate of drug-likeness (QED) is 0.670. The number of fused-ring (bicyclic) bond motifs is 2. The number of ketones is 1. The number of rotatable bonds is 6. The fourth-order valence-electron chi connectivity index (χ4n) is 4.52. The predicted molar refractivity (Wildman–Crippen MR) is 111 cm³/mol. The fraction of sp³-hybridized carbons (Fsp3) is 0.391. The molecule has 2 aromatic carbocycles. The zero-order chi connectivity index (χ0) is 23.0. The van der Waals surface area contributed by atoms with Crippen molar-refractivity contribution in [2.24, 2.45) is 11.8 Å². The summed E-state index contributed by atoms with van der Waals surface area (Å²) in [6, 6.07) is 6.75. The van der Waals surface area contributed by atoms with Gasteiger partial charge in [-0.25, -0.2) is 0 Å². The summed E-state index contributed by atoms with van der Waals surface area (Å²) >= 11 is 0. The summed E-state index contributed by atoms with van der Waals surface area (Å²) in [6.07, 6.45) is 0. The highest BCUT2D eigenvalue weighted by atomic mass is 16.7. The second-order valence-electron chi connectivity index (χ2n) is 7.43. The van der Waals surface area contributed by atoms with Crippen LogP contribution in [0, 0.1) is 11.8 Å². The van der Waals surface area contributed by atoms with E-state index < -0.39 is 30.3 Å². The van der Waals surface area contributed by atoms with Crippen molar-refractivity contribution in [2.45, 2.75) is 5.92 Å². The van der Waals surface area contributed by atoms with E-state index in [1.54, 1.807) is 24.3 Å². The molecule has 32 heavy (non-hydrogen) atoms. The lowest BCUT2D eigenvalue weighted by atomic mass is 9.66. The van der Waals surface area contributed by atoms with Gasteiger partial charge in [0.05, 0.1) is 46.9 Å². The molecule has 0 fully saturated rings. The molecular weight excluding hydrogens is 420 g/mol. The molecule has 0 amide bonds. The zero-order valence-corrected chi connectivity index (χ0v) is 18.2. The molecule has 0 bridgehead atoms. The molecule has 1 unspecified atom stereocenters. The first-order valence-corrected chi connectivity index (χ1v) is 9.95. The van der Waals surface area contributed by atoms with Crippen molar-refractivity contribution in [3.63, 3.8) is 0 Å². The average molecular weight is 444 g/mol. The van der Waals surface area contributed by atoms with Gasteiger partial charge in [0.2, 0.25) is 12.5 Å². The third-order valence-corrected chi connectivity index (χ3v) is 5.99. The Kier molecular flexibility index (Phi) is 5.84. The van der Waals surface area contributed by atoms with Crippen LogP contribution in [0.5, 0.6) is 28.7 Å². The topological polar surface area (TPSA) is 110 Å². The van der Waals surface area contributed by atoms with Crippen LogP contribution in [0.3, 0.4) is 0 Å². The lowest BCUT2D eigenvalue weighted by molar-refractivity contribution is -0.148. The van der Waals surface area contributed by atoms with Crippen molar-refractivity contribution < 1.29 is 43.1 Å². The summed E-state index contributed by atoms with van der Waals surface area (Å²) < 4.78 is 32.4. The van der Waals surface area contributed by atoms with Crippen LogP contribution in [0.2, 0.25) is 0 Å². The standard InChI is InChI=1S/C23H24O9/c1-27-17-5-11(6-18(28-2)22(17)29-3)19-12-7-15-16(32-10-31-15)8-13(12)21(25)14(9-24)20(19)23(26)30-4/h5-8,14,19-20,24H,9-10H2,1-4H3/t14?,19-,20-/m1/s1. The highest BCUT2D eigenvalue weighted by Gasteiger charge is 2.48. The number of esters is 1. The molecule has 0 saturated heterocycles. The largest absolute Gasteiger partial charge is 0.493 e. The van der Waals surface area contributed by atoms with Crippen LogP contribution in [-0.2, 0) is 9.53 Å². The van der Waals surface area contributed by atoms with E-state index in [4.69, 9.17) is 28.4 Å². The number of benzene rings is 2. The maximum Gasteiger partial charge on any atom is 0.310 e. The first-order chi connectivity index (χ1) is 15.5. The van der Waals surface area contributed by atoms with Gasteiger partial charge in [-0.05, 0) is 35.4 Å². The van der Waals surface area contributed by atoms with Crippen molar-refractivity contribution in [1.29, 1.82) is 0 Å². The lowest BCUT2D eigenvalue weighted by Crippen LogP contribution is -2.42. The predicted octanol–water partition coefficient (Wildman–Crippen LogP) is 2.17. The molecule has 170 valence electrons. The highest BCUT2D eigenvalue weighted by Crippen LogP contribution is 2.50. The number of carbonyl (C=O) groups is 2. The summed E-state index contributed by atoms with van der Waals surface area (Å²) in [6.45, 7) is -0.488. The lowest BCUT2D eigenvalue weighted by Gasteiger charge is -2.37. The van der Waals surface area contributed by atoms with Gasteiger partial charge in [-0.3, -0.25) is 9.59 Å². The molecule has 0 saturated carbocycles. The molecule has 0 radical (unpaired) electrons. The van der Waals surface area contributed by atoms with Crippen LogP contribution in [0.15, 0.2) is 24.3 Å². The van der Waals surface area contributed by atoms with Crippen LogP contribution in [0.1, 0.15) is 27.4 Å². The molecule has 9 nitrogen and oxygen atoms in total. The van der Waals surface area contributed by atoms with Gasteiger partial charge in [-0.2, -0.15) is 0 Å². The first-order valence-electron chi connectivity index (χ1n) is 9.95. The van der Waals surface area contributed by atoms with Gasteiger partial charge < -0.3 is 33.5 Å². The summed E-state index contributed by atoms with van der Waals surface area (Å²) in [5.74, 6) is -1.52. The monoisotopic (exact) mass is 444 g/mol. The van der Waals surface area contributed by atoms with Crippen LogP contribution >= 0.6 is 0 Å². The Bertz CT molecular complexity index is 1040. The maximum absolute atomic E-state index is 13.3. The van der Waals surface area contributed by atoms with E-state index in [0.717, 1.165) is 0 Å². The van der Waals surface area contributed by atoms with Crippen molar-refractivity contribution in [2.75, 3.05) is 41.8 Å². The van der Waals surface area contributed by atoms with Gasteiger partial charge in [-0.15, -0.1) is 0 Å². The smallest absolute Gasteiger partial charge is 0.310 e.